The zero-order chi connectivity index (χ0) is 20.3. The fraction of sp³-hybridized carbons (Fsp3) is 0.500. The molecule has 0 aromatic heterocycles. The zero-order valence-electron chi connectivity index (χ0n) is 17.6. The Morgan fingerprint density at radius 2 is 1.70 bits per heavy atom. The third kappa shape index (κ3) is 4.22. The summed E-state index contributed by atoms with van der Waals surface area (Å²) in [6.07, 6.45) is 7.41. The van der Waals surface area contributed by atoms with E-state index >= 15 is 0 Å². The summed E-state index contributed by atoms with van der Waals surface area (Å²) in [5.74, 6) is 2.27. The molecule has 0 fully saturated rings. The highest BCUT2D eigenvalue weighted by Gasteiger charge is 2.45. The highest BCUT2D eigenvalue weighted by molar-refractivity contribution is 6.74. The third-order valence-corrected chi connectivity index (χ3v) is 10.0. The van der Waals surface area contributed by atoms with Gasteiger partial charge in [0.05, 0.1) is 37.9 Å². The van der Waals surface area contributed by atoms with E-state index < -0.39 is 13.7 Å². The van der Waals surface area contributed by atoms with Crippen molar-refractivity contribution in [3.63, 3.8) is 0 Å². The molecule has 1 aliphatic carbocycles. The maximum atomic E-state index is 9.66. The largest absolute Gasteiger partial charge is 0.546 e. The van der Waals surface area contributed by atoms with E-state index in [4.69, 9.17) is 13.9 Å². The molecular formula is C22H31NO3Si. The summed E-state index contributed by atoms with van der Waals surface area (Å²) in [4.78, 5) is 0. The van der Waals surface area contributed by atoms with Crippen LogP contribution in [0.25, 0.3) is 0 Å². The van der Waals surface area contributed by atoms with Gasteiger partial charge in [0.2, 0.25) is 8.32 Å². The normalized spacial score (nSPS) is 19.9. The molecule has 0 saturated carbocycles. The number of rotatable bonds is 6. The Morgan fingerprint density at radius 3 is 2.19 bits per heavy atom. The van der Waals surface area contributed by atoms with Gasteiger partial charge in [0.25, 0.3) is 0 Å². The summed E-state index contributed by atoms with van der Waals surface area (Å²) in [5, 5.41) is 9.73. The predicted octanol–water partition coefficient (Wildman–Crippen LogP) is 5.72. The van der Waals surface area contributed by atoms with Gasteiger partial charge in [-0.2, -0.15) is 5.26 Å². The van der Waals surface area contributed by atoms with Gasteiger partial charge in [0.15, 0.2) is 0 Å². The minimum atomic E-state index is -2.06. The van der Waals surface area contributed by atoms with E-state index in [1.807, 2.05) is 18.2 Å². The van der Waals surface area contributed by atoms with Crippen LogP contribution < -0.4 is 9.47 Å². The van der Waals surface area contributed by atoms with Crippen molar-refractivity contribution in [1.29, 1.82) is 5.26 Å². The molecule has 0 radical (unpaired) electrons. The first-order valence-electron chi connectivity index (χ1n) is 9.27. The molecule has 1 aromatic rings. The summed E-state index contributed by atoms with van der Waals surface area (Å²) in [7, 11) is 1.21. The number of methoxy groups -OCH3 is 2. The smallest absolute Gasteiger partial charge is 0.250 e. The predicted molar refractivity (Wildman–Crippen MR) is 112 cm³/mol. The topological polar surface area (TPSA) is 51.5 Å². The Bertz CT molecular complexity index is 761. The molecule has 0 heterocycles. The van der Waals surface area contributed by atoms with Crippen molar-refractivity contribution in [2.45, 2.75) is 57.2 Å². The number of allylic oxidation sites excluding steroid dienone is 3. The maximum Gasteiger partial charge on any atom is 0.250 e. The minimum Gasteiger partial charge on any atom is -0.546 e. The molecule has 0 spiro atoms. The summed E-state index contributed by atoms with van der Waals surface area (Å²) >= 11 is 0. The van der Waals surface area contributed by atoms with Gasteiger partial charge in [0.1, 0.15) is 11.5 Å². The number of ether oxygens (including phenoxy) is 2. The van der Waals surface area contributed by atoms with Crippen LogP contribution in [0.4, 0.5) is 0 Å². The monoisotopic (exact) mass is 385 g/mol. The Kier molecular flexibility index (Phi) is 6.11. The first-order chi connectivity index (χ1) is 12.6. The molecule has 1 aliphatic rings. The van der Waals surface area contributed by atoms with Gasteiger partial charge >= 0.3 is 0 Å². The van der Waals surface area contributed by atoms with Gasteiger partial charge in [-0.25, -0.2) is 0 Å². The SMILES string of the molecule is COc1cc(OC)cc(C2(CC#N)C=CCC=C2O[Si](C)(C)C(C)(C)C)c1. The molecule has 0 amide bonds. The number of benzene rings is 1. The molecule has 0 aliphatic heterocycles. The zero-order valence-corrected chi connectivity index (χ0v) is 18.6. The fourth-order valence-electron chi connectivity index (χ4n) is 2.95. The number of hydrogen-bond donors (Lipinski definition) is 0. The van der Waals surface area contributed by atoms with Gasteiger partial charge < -0.3 is 13.9 Å². The lowest BCUT2D eigenvalue weighted by Crippen LogP contribution is -2.44. The highest BCUT2D eigenvalue weighted by atomic mass is 28.4. The van der Waals surface area contributed by atoms with Crippen molar-refractivity contribution in [2.75, 3.05) is 14.2 Å². The number of hydrogen-bond acceptors (Lipinski definition) is 4. The molecule has 5 heteroatoms. The van der Waals surface area contributed by atoms with Crippen molar-refractivity contribution < 1.29 is 13.9 Å². The van der Waals surface area contributed by atoms with Crippen molar-refractivity contribution in [3.8, 4) is 17.6 Å². The van der Waals surface area contributed by atoms with E-state index in [2.05, 4.69) is 58.2 Å². The van der Waals surface area contributed by atoms with Crippen LogP contribution in [-0.2, 0) is 9.84 Å². The number of nitrogens with zero attached hydrogens (tertiary/aromatic N) is 1. The van der Waals surface area contributed by atoms with Gasteiger partial charge in [-0.05, 0) is 48.3 Å². The third-order valence-electron chi connectivity index (χ3n) is 5.68. The van der Waals surface area contributed by atoms with Crippen LogP contribution in [0.1, 0.15) is 39.2 Å². The van der Waals surface area contributed by atoms with Gasteiger partial charge in [-0.1, -0.05) is 32.9 Å². The summed E-state index contributed by atoms with van der Waals surface area (Å²) in [6.45, 7) is 11.1. The van der Waals surface area contributed by atoms with Crippen molar-refractivity contribution in [1.82, 2.24) is 0 Å². The second-order valence-electron chi connectivity index (χ2n) is 8.48. The Labute approximate surface area is 164 Å². The van der Waals surface area contributed by atoms with Crippen LogP contribution in [0, 0.1) is 11.3 Å². The van der Waals surface area contributed by atoms with E-state index in [0.717, 1.165) is 17.7 Å². The van der Waals surface area contributed by atoms with E-state index in [1.165, 1.54) is 0 Å². The molecule has 2 rings (SSSR count). The summed E-state index contributed by atoms with van der Waals surface area (Å²) in [6, 6.07) is 8.15. The molecule has 1 aromatic carbocycles. The molecule has 1 atom stereocenters. The average molecular weight is 386 g/mol. The van der Waals surface area contributed by atoms with Crippen LogP contribution in [0.2, 0.25) is 18.1 Å². The highest BCUT2D eigenvalue weighted by Crippen LogP contribution is 2.47. The fourth-order valence-corrected chi connectivity index (χ4v) is 4.07. The van der Waals surface area contributed by atoms with E-state index in [1.54, 1.807) is 14.2 Å². The molecule has 4 nitrogen and oxygen atoms in total. The minimum absolute atomic E-state index is 0.0689. The van der Waals surface area contributed by atoms with E-state index in [-0.39, 0.29) is 5.04 Å². The summed E-state index contributed by atoms with van der Waals surface area (Å²) in [5.41, 5.74) is 0.311. The molecule has 1 unspecified atom stereocenters. The van der Waals surface area contributed by atoms with Crippen LogP contribution in [0.3, 0.4) is 0 Å². The number of nitriles is 1. The van der Waals surface area contributed by atoms with E-state index in [9.17, 15) is 5.26 Å². The standard InChI is InChI=1S/C22H31NO3Si/c1-21(2,3)27(6,7)26-20-10-8-9-11-22(20,12-13-23)17-14-18(24-4)16-19(15-17)25-5/h9-11,14-16H,8,12H2,1-7H3. The molecule has 0 bridgehead atoms. The van der Waals surface area contributed by atoms with Crippen LogP contribution in [0.15, 0.2) is 42.2 Å². The Hall–Kier alpha value is -2.19. The van der Waals surface area contributed by atoms with Gasteiger partial charge in [-0.15, -0.1) is 0 Å². The van der Waals surface area contributed by atoms with Crippen molar-refractivity contribution >= 4 is 8.32 Å². The van der Waals surface area contributed by atoms with Gasteiger partial charge in [0, 0.05) is 6.07 Å². The molecule has 27 heavy (non-hydrogen) atoms. The van der Waals surface area contributed by atoms with Crippen LogP contribution >= 0.6 is 0 Å². The second-order valence-corrected chi connectivity index (χ2v) is 13.2. The molecular weight excluding hydrogens is 354 g/mol. The van der Waals surface area contributed by atoms with Crippen molar-refractivity contribution in [3.05, 3.63) is 47.7 Å². The summed E-state index contributed by atoms with van der Waals surface area (Å²) < 4.78 is 17.7. The van der Waals surface area contributed by atoms with E-state index in [0.29, 0.717) is 17.9 Å². The maximum absolute atomic E-state index is 9.66. The van der Waals surface area contributed by atoms with Crippen LogP contribution in [0.5, 0.6) is 11.5 Å². The van der Waals surface area contributed by atoms with Gasteiger partial charge in [-0.3, -0.25) is 0 Å². The molecule has 0 saturated heterocycles. The first-order valence-corrected chi connectivity index (χ1v) is 12.2. The lowest BCUT2D eigenvalue weighted by molar-refractivity contribution is 0.313. The van der Waals surface area contributed by atoms with Crippen molar-refractivity contribution in [2.24, 2.45) is 0 Å². The lowest BCUT2D eigenvalue weighted by Gasteiger charge is -2.43. The Morgan fingerprint density at radius 1 is 1.11 bits per heavy atom. The molecule has 146 valence electrons. The Balaban J connectivity index is 2.61. The molecule has 0 N–H and O–H groups in total. The lowest BCUT2D eigenvalue weighted by atomic mass is 9.73. The average Bonchev–Trinajstić information content (AvgIpc) is 2.61. The van der Waals surface area contributed by atoms with Crippen LogP contribution in [-0.4, -0.2) is 22.5 Å². The second kappa shape index (κ2) is 7.81. The quantitative estimate of drug-likeness (QED) is 0.464. The first kappa shape index (κ1) is 21.1.